The zero-order valence-electron chi connectivity index (χ0n) is 18.1. The molecule has 0 saturated heterocycles. The van der Waals surface area contributed by atoms with Gasteiger partial charge in [-0.05, 0) is 44.2 Å². The van der Waals surface area contributed by atoms with E-state index in [4.69, 9.17) is 30.3 Å². The number of esters is 1. The minimum absolute atomic E-state index is 0.167. The number of carbonyl (C=O) groups is 1. The highest BCUT2D eigenvalue weighted by atomic mass is 35.5. The number of pyridine rings is 1. The summed E-state index contributed by atoms with van der Waals surface area (Å²) in [6.07, 6.45) is 1.48. The topological polar surface area (TPSA) is 105 Å². The average molecular weight is 470 g/mol. The molecule has 170 valence electrons. The summed E-state index contributed by atoms with van der Waals surface area (Å²) in [5.74, 6) is 0.910. The minimum atomic E-state index is -0.594. The fraction of sp³-hybridized carbons (Fsp3) is 0.217. The van der Waals surface area contributed by atoms with E-state index in [0.29, 0.717) is 33.6 Å². The van der Waals surface area contributed by atoms with Crippen LogP contribution in [0.4, 0.5) is 0 Å². The normalized spacial score (nSPS) is 10.9. The number of nitrogens with zero attached hydrogens (tertiary/aromatic N) is 3. The van der Waals surface area contributed by atoms with Gasteiger partial charge in [0, 0.05) is 12.3 Å². The summed E-state index contributed by atoms with van der Waals surface area (Å²) >= 11 is 5.91. The van der Waals surface area contributed by atoms with Crippen LogP contribution in [0, 0.1) is 13.8 Å². The molecule has 10 heteroatoms. The average Bonchev–Trinajstić information content (AvgIpc) is 3.13. The lowest BCUT2D eigenvalue weighted by Crippen LogP contribution is -2.16. The van der Waals surface area contributed by atoms with E-state index in [1.807, 2.05) is 13.8 Å². The van der Waals surface area contributed by atoms with Gasteiger partial charge in [-0.25, -0.2) is 9.78 Å². The van der Waals surface area contributed by atoms with Crippen LogP contribution in [0.15, 0.2) is 51.9 Å². The number of fused-ring (bicyclic) bond motifs is 1. The monoisotopic (exact) mass is 469 g/mol. The lowest BCUT2D eigenvalue weighted by Gasteiger charge is -2.12. The van der Waals surface area contributed by atoms with Crippen LogP contribution in [0.5, 0.6) is 11.5 Å². The molecule has 0 bridgehead atoms. The molecule has 0 unspecified atom stereocenters. The van der Waals surface area contributed by atoms with Gasteiger partial charge in [-0.15, -0.1) is 0 Å². The standard InChI is InChI=1S/C23H20ClN3O6/c1-13-18(14(2)33-26-13)12-31-19-6-4-15(8-20(19)30-3)23(29)32-11-17-9-22(28)27-10-16(24)5-7-21(27)25-17/h4-10H,11-12H2,1-3H3. The Balaban J connectivity index is 1.45. The Kier molecular flexibility index (Phi) is 6.32. The molecule has 0 fully saturated rings. The molecule has 0 amide bonds. The van der Waals surface area contributed by atoms with E-state index >= 15 is 0 Å². The largest absolute Gasteiger partial charge is 0.493 e. The molecule has 4 aromatic rings. The van der Waals surface area contributed by atoms with Crippen LogP contribution < -0.4 is 15.0 Å². The van der Waals surface area contributed by atoms with Crippen molar-refractivity contribution in [2.24, 2.45) is 0 Å². The van der Waals surface area contributed by atoms with Crippen LogP contribution in [0.25, 0.3) is 5.65 Å². The predicted molar refractivity (Wildman–Crippen MR) is 119 cm³/mol. The second-order valence-electron chi connectivity index (χ2n) is 7.19. The van der Waals surface area contributed by atoms with Gasteiger partial charge in [-0.3, -0.25) is 9.20 Å². The minimum Gasteiger partial charge on any atom is -0.493 e. The van der Waals surface area contributed by atoms with Gasteiger partial charge in [0.1, 0.15) is 24.6 Å². The van der Waals surface area contributed by atoms with E-state index in [1.165, 1.54) is 29.8 Å². The van der Waals surface area contributed by atoms with Crippen molar-refractivity contribution in [3.05, 3.63) is 86.2 Å². The Labute approximate surface area is 193 Å². The highest BCUT2D eigenvalue weighted by molar-refractivity contribution is 6.30. The lowest BCUT2D eigenvalue weighted by molar-refractivity contribution is 0.0467. The van der Waals surface area contributed by atoms with Crippen molar-refractivity contribution in [3.63, 3.8) is 0 Å². The number of aromatic nitrogens is 3. The molecule has 0 saturated carbocycles. The number of carbonyl (C=O) groups excluding carboxylic acids is 1. The van der Waals surface area contributed by atoms with Gasteiger partial charge in [0.15, 0.2) is 11.5 Å². The second-order valence-corrected chi connectivity index (χ2v) is 7.63. The van der Waals surface area contributed by atoms with Crippen molar-refractivity contribution in [1.29, 1.82) is 0 Å². The Morgan fingerprint density at radius 3 is 2.67 bits per heavy atom. The molecule has 0 aliphatic heterocycles. The van der Waals surface area contributed by atoms with Gasteiger partial charge in [0.05, 0.1) is 34.6 Å². The van der Waals surface area contributed by atoms with Crippen LogP contribution in [0.1, 0.15) is 33.1 Å². The highest BCUT2D eigenvalue weighted by Crippen LogP contribution is 2.30. The summed E-state index contributed by atoms with van der Waals surface area (Å²) in [6.45, 7) is 3.72. The fourth-order valence-corrected chi connectivity index (χ4v) is 3.36. The summed E-state index contributed by atoms with van der Waals surface area (Å²) in [5.41, 5.74) is 2.26. The predicted octanol–water partition coefficient (Wildman–Crippen LogP) is 3.90. The van der Waals surface area contributed by atoms with Gasteiger partial charge >= 0.3 is 5.97 Å². The number of aryl methyl sites for hydroxylation is 2. The molecular weight excluding hydrogens is 450 g/mol. The van der Waals surface area contributed by atoms with Gasteiger partial charge in [-0.2, -0.15) is 0 Å². The van der Waals surface area contributed by atoms with E-state index < -0.39 is 5.97 Å². The summed E-state index contributed by atoms with van der Waals surface area (Å²) in [5, 5.41) is 4.32. The highest BCUT2D eigenvalue weighted by Gasteiger charge is 2.15. The van der Waals surface area contributed by atoms with Crippen molar-refractivity contribution in [2.75, 3.05) is 7.11 Å². The van der Waals surface area contributed by atoms with Crippen molar-refractivity contribution in [1.82, 2.24) is 14.5 Å². The first-order valence-electron chi connectivity index (χ1n) is 9.93. The van der Waals surface area contributed by atoms with Gasteiger partial charge < -0.3 is 18.7 Å². The van der Waals surface area contributed by atoms with Crippen molar-refractivity contribution in [2.45, 2.75) is 27.1 Å². The number of rotatable bonds is 7. The summed E-state index contributed by atoms with van der Waals surface area (Å²) in [4.78, 5) is 29.1. The molecular formula is C23H20ClN3O6. The van der Waals surface area contributed by atoms with Crippen LogP contribution in [0.3, 0.4) is 0 Å². The SMILES string of the molecule is COc1cc(C(=O)OCc2cc(=O)n3cc(Cl)ccc3n2)ccc1OCc1c(C)noc1C. The van der Waals surface area contributed by atoms with Crippen molar-refractivity contribution >= 4 is 23.2 Å². The van der Waals surface area contributed by atoms with Gasteiger partial charge in [-0.1, -0.05) is 16.8 Å². The quantitative estimate of drug-likeness (QED) is 0.375. The molecule has 0 spiro atoms. The molecule has 0 atom stereocenters. The van der Waals surface area contributed by atoms with Crippen molar-refractivity contribution < 1.29 is 23.5 Å². The van der Waals surface area contributed by atoms with Crippen LogP contribution in [-0.2, 0) is 18.0 Å². The Hall–Kier alpha value is -3.85. The molecule has 3 heterocycles. The first-order valence-corrected chi connectivity index (χ1v) is 10.3. The summed E-state index contributed by atoms with van der Waals surface area (Å²) < 4.78 is 23.0. The second kappa shape index (κ2) is 9.33. The number of benzene rings is 1. The number of halogens is 1. The number of ether oxygens (including phenoxy) is 3. The molecule has 0 radical (unpaired) electrons. The maximum Gasteiger partial charge on any atom is 0.338 e. The third kappa shape index (κ3) is 4.83. The number of methoxy groups -OCH3 is 1. The van der Waals surface area contributed by atoms with Crippen LogP contribution in [-0.4, -0.2) is 27.6 Å². The molecule has 33 heavy (non-hydrogen) atoms. The molecule has 4 rings (SSSR count). The number of hydrogen-bond donors (Lipinski definition) is 0. The Morgan fingerprint density at radius 2 is 1.94 bits per heavy atom. The molecule has 3 aromatic heterocycles. The maximum atomic E-state index is 12.6. The molecule has 0 N–H and O–H groups in total. The lowest BCUT2D eigenvalue weighted by atomic mass is 10.2. The first kappa shape index (κ1) is 22.3. The maximum absolute atomic E-state index is 12.6. The van der Waals surface area contributed by atoms with Crippen LogP contribution in [0.2, 0.25) is 5.02 Å². The number of hydrogen-bond acceptors (Lipinski definition) is 8. The zero-order valence-corrected chi connectivity index (χ0v) is 18.9. The van der Waals surface area contributed by atoms with Crippen molar-refractivity contribution in [3.8, 4) is 11.5 Å². The third-order valence-corrected chi connectivity index (χ3v) is 5.20. The van der Waals surface area contributed by atoms with E-state index in [-0.39, 0.29) is 24.3 Å². The zero-order chi connectivity index (χ0) is 23.5. The van der Waals surface area contributed by atoms with Gasteiger partial charge in [0.25, 0.3) is 5.56 Å². The van der Waals surface area contributed by atoms with Crippen LogP contribution >= 0.6 is 11.6 Å². The Morgan fingerprint density at radius 1 is 1.12 bits per heavy atom. The molecule has 0 aliphatic carbocycles. The molecule has 1 aromatic carbocycles. The smallest absolute Gasteiger partial charge is 0.338 e. The van der Waals surface area contributed by atoms with Gasteiger partial charge in [0.2, 0.25) is 0 Å². The van der Waals surface area contributed by atoms with E-state index in [9.17, 15) is 9.59 Å². The summed E-state index contributed by atoms with van der Waals surface area (Å²) in [6, 6.07) is 9.25. The van der Waals surface area contributed by atoms with E-state index in [2.05, 4.69) is 10.1 Å². The van der Waals surface area contributed by atoms with E-state index in [0.717, 1.165) is 11.3 Å². The first-order chi connectivity index (χ1) is 15.9. The fourth-order valence-electron chi connectivity index (χ4n) is 3.19. The van der Waals surface area contributed by atoms with E-state index in [1.54, 1.807) is 24.3 Å². The Bertz CT molecular complexity index is 1380. The molecule has 9 nitrogen and oxygen atoms in total. The third-order valence-electron chi connectivity index (χ3n) is 4.98. The summed E-state index contributed by atoms with van der Waals surface area (Å²) in [7, 11) is 1.48. The molecule has 0 aliphatic rings.